The number of benzene rings is 4. The normalized spacial score (nSPS) is 17.4. The van der Waals surface area contributed by atoms with Gasteiger partial charge < -0.3 is 25.1 Å². The number of rotatable bonds is 10. The second-order valence-electron chi connectivity index (χ2n) is 11.4. The summed E-state index contributed by atoms with van der Waals surface area (Å²) < 4.78 is 82.8. The highest BCUT2D eigenvalue weighted by molar-refractivity contribution is 7.99. The Morgan fingerprint density at radius 3 is 2.14 bits per heavy atom. The van der Waals surface area contributed by atoms with Crippen LogP contribution >= 0.6 is 11.8 Å². The van der Waals surface area contributed by atoms with Crippen LogP contribution in [0.4, 0.5) is 22.0 Å². The minimum Gasteiger partial charge on any atom is -0.618 e. The Morgan fingerprint density at radius 1 is 0.820 bits per heavy atom. The van der Waals surface area contributed by atoms with Crippen molar-refractivity contribution in [1.29, 1.82) is 0 Å². The van der Waals surface area contributed by atoms with Gasteiger partial charge in [0.2, 0.25) is 5.82 Å². The van der Waals surface area contributed by atoms with Crippen LogP contribution in [0.2, 0.25) is 0 Å². The van der Waals surface area contributed by atoms with E-state index in [1.165, 1.54) is 18.0 Å². The van der Waals surface area contributed by atoms with Crippen LogP contribution in [-0.2, 0) is 22.6 Å². The number of nitrogens with one attached hydrogen (secondary N) is 1. The molecule has 1 amide bonds. The summed E-state index contributed by atoms with van der Waals surface area (Å²) in [6.07, 6.45) is 0.558. The minimum atomic E-state index is -2.35. The van der Waals surface area contributed by atoms with Gasteiger partial charge in [0.05, 0.1) is 18.8 Å². The molecule has 0 radical (unpaired) electrons. The first-order valence-electron chi connectivity index (χ1n) is 15.4. The van der Waals surface area contributed by atoms with E-state index in [-0.39, 0.29) is 25.4 Å². The number of pyridine rings is 1. The molecule has 1 fully saturated rings. The number of aromatic nitrogens is 1. The molecule has 1 aliphatic heterocycles. The van der Waals surface area contributed by atoms with Gasteiger partial charge in [-0.2, -0.15) is 4.73 Å². The van der Waals surface area contributed by atoms with Gasteiger partial charge in [-0.15, -0.1) is 0 Å². The van der Waals surface area contributed by atoms with Crippen LogP contribution in [0.15, 0.2) is 102 Å². The number of halogens is 5. The van der Waals surface area contributed by atoms with Crippen molar-refractivity contribution < 1.29 is 46.1 Å². The van der Waals surface area contributed by atoms with Crippen LogP contribution in [0.5, 0.6) is 0 Å². The zero-order valence-corrected chi connectivity index (χ0v) is 26.9. The standard InChI is InChI=1S/C37H29F5N2O5S/c38-31-30(32(39)34(41)35(42)33(31)40)36(46)43-18-25-5-1-2-6-27(25)22-12-14-24(15-13-22)37-48-26(20-50-29-7-3-4-16-44(29)47)17-28(49-37)23-10-8-21(19-45)9-11-23/h1-16,26,28,37,45H,17-20H2,(H,43,46). The molecule has 4 aromatic carbocycles. The molecule has 2 heterocycles. The van der Waals surface area contributed by atoms with E-state index in [0.29, 0.717) is 39.5 Å². The van der Waals surface area contributed by atoms with E-state index in [1.807, 2.05) is 36.4 Å². The molecule has 3 atom stereocenters. The van der Waals surface area contributed by atoms with Crippen molar-refractivity contribution in [3.05, 3.63) is 159 Å². The van der Waals surface area contributed by atoms with Gasteiger partial charge in [-0.05, 0) is 33.9 Å². The number of carbonyl (C=O) groups excluding carboxylic acids is 1. The fraction of sp³-hybridized carbons (Fsp3) is 0.189. The van der Waals surface area contributed by atoms with E-state index < -0.39 is 46.8 Å². The maximum atomic E-state index is 14.2. The number of aliphatic hydroxyl groups excluding tert-OH is 1. The third kappa shape index (κ3) is 7.50. The van der Waals surface area contributed by atoms with Crippen LogP contribution in [0.3, 0.4) is 0 Å². The molecule has 1 aliphatic rings. The smallest absolute Gasteiger partial charge is 0.257 e. The summed E-state index contributed by atoms with van der Waals surface area (Å²) in [5.41, 5.74) is 2.68. The van der Waals surface area contributed by atoms with Gasteiger partial charge >= 0.3 is 0 Å². The number of aliphatic hydroxyl groups is 1. The van der Waals surface area contributed by atoms with Gasteiger partial charge in [-0.1, -0.05) is 84.6 Å². The first-order valence-corrected chi connectivity index (χ1v) is 16.4. The predicted octanol–water partition coefficient (Wildman–Crippen LogP) is 7.44. The number of carbonyl (C=O) groups is 1. The molecule has 0 spiro atoms. The predicted molar refractivity (Wildman–Crippen MR) is 174 cm³/mol. The number of hydrogen-bond acceptors (Lipinski definition) is 6. The highest BCUT2D eigenvalue weighted by Crippen LogP contribution is 2.40. The zero-order chi connectivity index (χ0) is 35.4. The highest BCUT2D eigenvalue weighted by Gasteiger charge is 2.33. The first-order chi connectivity index (χ1) is 24.1. The maximum absolute atomic E-state index is 14.2. The summed E-state index contributed by atoms with van der Waals surface area (Å²) in [5.74, 6) is -12.2. The summed E-state index contributed by atoms with van der Waals surface area (Å²) in [6, 6.07) is 26.7. The van der Waals surface area contributed by atoms with Crippen LogP contribution in [0.25, 0.3) is 11.1 Å². The Labute approximate surface area is 287 Å². The van der Waals surface area contributed by atoms with Crippen molar-refractivity contribution >= 4 is 17.7 Å². The lowest BCUT2D eigenvalue weighted by Crippen LogP contribution is -2.32. The number of amides is 1. The Bertz CT molecular complexity index is 1970. The quantitative estimate of drug-likeness (QED) is 0.0391. The molecule has 7 nitrogen and oxygen atoms in total. The summed E-state index contributed by atoms with van der Waals surface area (Å²) in [4.78, 5) is 12.6. The molecule has 0 aliphatic carbocycles. The Kier molecular flexibility index (Phi) is 10.8. The summed E-state index contributed by atoms with van der Waals surface area (Å²) in [7, 11) is 0. The third-order valence-corrected chi connectivity index (χ3v) is 9.36. The largest absolute Gasteiger partial charge is 0.618 e. The van der Waals surface area contributed by atoms with E-state index in [9.17, 15) is 37.1 Å². The van der Waals surface area contributed by atoms with Crippen LogP contribution in [0, 0.1) is 34.3 Å². The van der Waals surface area contributed by atoms with Crippen molar-refractivity contribution in [2.75, 3.05) is 5.75 Å². The van der Waals surface area contributed by atoms with Gasteiger partial charge in [0, 0.05) is 36.4 Å². The van der Waals surface area contributed by atoms with Crippen molar-refractivity contribution in [3.8, 4) is 11.1 Å². The van der Waals surface area contributed by atoms with E-state index >= 15 is 0 Å². The topological polar surface area (TPSA) is 94.7 Å². The molecule has 3 unspecified atom stereocenters. The maximum Gasteiger partial charge on any atom is 0.257 e. The van der Waals surface area contributed by atoms with E-state index in [4.69, 9.17) is 9.47 Å². The van der Waals surface area contributed by atoms with Crippen molar-refractivity contribution in [3.63, 3.8) is 0 Å². The van der Waals surface area contributed by atoms with E-state index in [2.05, 4.69) is 5.32 Å². The van der Waals surface area contributed by atoms with Crippen LogP contribution in [-0.4, -0.2) is 22.9 Å². The van der Waals surface area contributed by atoms with Crippen LogP contribution in [0.1, 0.15) is 51.4 Å². The average molecular weight is 709 g/mol. The monoisotopic (exact) mass is 708 g/mol. The van der Waals surface area contributed by atoms with Gasteiger partial charge in [0.1, 0.15) is 5.56 Å². The molecule has 2 N–H and O–H groups in total. The average Bonchev–Trinajstić information content (AvgIpc) is 3.15. The number of hydrogen-bond donors (Lipinski definition) is 2. The number of ether oxygens (including phenoxy) is 2. The lowest BCUT2D eigenvalue weighted by atomic mass is 9.97. The molecule has 5 aromatic rings. The Hall–Kier alpha value is -4.82. The molecular weight excluding hydrogens is 679 g/mol. The van der Waals surface area contributed by atoms with Gasteiger partial charge in [-0.25, -0.2) is 22.0 Å². The molecule has 258 valence electrons. The molecule has 1 saturated heterocycles. The minimum absolute atomic E-state index is 0.0871. The number of nitrogens with zero attached hydrogens (tertiary/aromatic N) is 1. The van der Waals surface area contributed by atoms with Gasteiger partial charge in [-0.3, -0.25) is 4.79 Å². The molecule has 0 saturated carbocycles. The summed E-state index contributed by atoms with van der Waals surface area (Å²) in [6.45, 7) is -0.359. The molecule has 50 heavy (non-hydrogen) atoms. The summed E-state index contributed by atoms with van der Waals surface area (Å²) >= 11 is 1.38. The van der Waals surface area contributed by atoms with Crippen molar-refractivity contribution in [2.24, 2.45) is 0 Å². The lowest BCUT2D eigenvalue weighted by Gasteiger charge is -2.36. The molecular formula is C37H29F5N2O5S. The first kappa shape index (κ1) is 35.0. The summed E-state index contributed by atoms with van der Waals surface area (Å²) in [5, 5.41) is 24.5. The lowest BCUT2D eigenvalue weighted by molar-refractivity contribution is -0.645. The molecule has 6 rings (SSSR count). The van der Waals surface area contributed by atoms with Crippen molar-refractivity contribution in [2.45, 2.75) is 43.1 Å². The zero-order valence-electron chi connectivity index (χ0n) is 26.1. The second kappa shape index (κ2) is 15.4. The fourth-order valence-corrected chi connectivity index (χ4v) is 6.50. The Balaban J connectivity index is 1.20. The van der Waals surface area contributed by atoms with E-state index in [1.54, 1.807) is 54.6 Å². The van der Waals surface area contributed by atoms with Crippen molar-refractivity contribution in [1.82, 2.24) is 5.32 Å². The van der Waals surface area contributed by atoms with E-state index in [0.717, 1.165) is 15.9 Å². The number of thioether (sulfide) groups is 1. The second-order valence-corrected chi connectivity index (χ2v) is 12.5. The SMILES string of the molecule is O=C(NCc1ccccc1-c1ccc(C2OC(CSc3cccc[n+]3[O-])CC(c3ccc(CO)cc3)O2)cc1)c1c(F)c(F)c(F)c(F)c1F. The fourth-order valence-electron chi connectivity index (χ4n) is 5.57. The van der Waals surface area contributed by atoms with Gasteiger partial charge in [0.15, 0.2) is 35.8 Å². The molecule has 0 bridgehead atoms. The Morgan fingerprint density at radius 2 is 1.46 bits per heavy atom. The molecule has 13 heteroatoms. The highest BCUT2D eigenvalue weighted by atomic mass is 32.2. The van der Waals surface area contributed by atoms with Gasteiger partial charge in [0.25, 0.3) is 10.9 Å². The third-order valence-electron chi connectivity index (χ3n) is 8.21. The molecule has 1 aromatic heterocycles. The van der Waals surface area contributed by atoms with Crippen LogP contribution < -0.4 is 10.0 Å².